The second kappa shape index (κ2) is 9.77. The first-order valence-electron chi connectivity index (χ1n) is 12.4. The molecule has 7 nitrogen and oxygen atoms in total. The zero-order chi connectivity index (χ0) is 22.8. The zero-order valence-corrected chi connectivity index (χ0v) is 19.9. The minimum atomic E-state index is -0.0593. The third-order valence-corrected chi connectivity index (χ3v) is 7.60. The first-order chi connectivity index (χ1) is 16.1. The van der Waals surface area contributed by atoms with Crippen LogP contribution in [0, 0.1) is 5.92 Å². The normalized spacial score (nSPS) is 26.0. The van der Waals surface area contributed by atoms with E-state index in [0.29, 0.717) is 11.9 Å². The Morgan fingerprint density at radius 3 is 2.55 bits per heavy atom. The summed E-state index contributed by atoms with van der Waals surface area (Å²) in [6, 6.07) is 13.1. The Labute approximate surface area is 197 Å². The van der Waals surface area contributed by atoms with Crippen molar-refractivity contribution in [1.29, 1.82) is 0 Å². The number of amides is 1. The van der Waals surface area contributed by atoms with Crippen LogP contribution < -0.4 is 4.90 Å². The second-order valence-corrected chi connectivity index (χ2v) is 10.1. The molecule has 2 aromatic rings. The number of nitrogens with zero attached hydrogens (tertiary/aromatic N) is 6. The number of benzene rings is 1. The summed E-state index contributed by atoms with van der Waals surface area (Å²) in [5.41, 5.74) is 2.31. The molecule has 4 heterocycles. The number of likely N-dealkylation sites (tertiary alicyclic amines) is 2. The highest BCUT2D eigenvalue weighted by Gasteiger charge is 2.42. The van der Waals surface area contributed by atoms with Crippen LogP contribution in [0.3, 0.4) is 0 Å². The third-order valence-electron chi connectivity index (χ3n) is 7.60. The lowest BCUT2D eigenvalue weighted by atomic mass is 9.91. The summed E-state index contributed by atoms with van der Waals surface area (Å²) in [6.45, 7) is 6.23. The molecular weight excluding hydrogens is 412 g/mol. The summed E-state index contributed by atoms with van der Waals surface area (Å²) >= 11 is 0. The van der Waals surface area contributed by atoms with E-state index in [9.17, 15) is 4.79 Å². The van der Waals surface area contributed by atoms with Crippen molar-refractivity contribution in [3.8, 4) is 0 Å². The van der Waals surface area contributed by atoms with Crippen LogP contribution in [0.4, 0.5) is 5.95 Å². The lowest BCUT2D eigenvalue weighted by Gasteiger charge is -2.25. The Kier molecular flexibility index (Phi) is 6.60. The van der Waals surface area contributed by atoms with Crippen LogP contribution in [-0.2, 0) is 11.3 Å². The highest BCUT2D eigenvalue weighted by Crippen LogP contribution is 2.35. The topological polar surface area (TPSA) is 55.8 Å². The number of hydrogen-bond donors (Lipinski definition) is 0. The molecule has 0 radical (unpaired) electrons. The van der Waals surface area contributed by atoms with E-state index in [2.05, 4.69) is 69.0 Å². The number of hydrogen-bond acceptors (Lipinski definition) is 6. The standard InChI is InChI=1S/C26H36N6O/c1-29(2)21-11-15-32(17-21)25(33)23-19-30(16-20-8-4-3-5-9-20)18-22(23)24-10-12-27-26(28-24)31-13-6-7-14-31/h3-5,8-10,12,21-23H,6-7,11,13-19H2,1-2H3/t21-,22+,23+/m1/s1. The zero-order valence-electron chi connectivity index (χ0n) is 19.9. The van der Waals surface area contributed by atoms with Gasteiger partial charge in [0.05, 0.1) is 11.6 Å². The van der Waals surface area contributed by atoms with E-state index in [4.69, 9.17) is 4.98 Å². The number of anilines is 1. The summed E-state index contributed by atoms with van der Waals surface area (Å²) in [5.74, 6) is 1.16. The Hall–Kier alpha value is -2.51. The van der Waals surface area contributed by atoms with Gasteiger partial charge in [0.1, 0.15) is 0 Å². The summed E-state index contributed by atoms with van der Waals surface area (Å²) in [7, 11) is 4.22. The number of rotatable bonds is 6. The monoisotopic (exact) mass is 448 g/mol. The third kappa shape index (κ3) is 4.89. The highest BCUT2D eigenvalue weighted by atomic mass is 16.2. The van der Waals surface area contributed by atoms with Crippen LogP contribution in [-0.4, -0.2) is 90.0 Å². The van der Waals surface area contributed by atoms with Gasteiger partial charge in [-0.15, -0.1) is 0 Å². The maximum Gasteiger partial charge on any atom is 0.227 e. The van der Waals surface area contributed by atoms with E-state index in [-0.39, 0.29) is 11.8 Å². The van der Waals surface area contributed by atoms with Crippen LogP contribution in [0.1, 0.15) is 36.4 Å². The van der Waals surface area contributed by atoms with Gasteiger partial charge in [-0.25, -0.2) is 9.97 Å². The summed E-state index contributed by atoms with van der Waals surface area (Å²) < 4.78 is 0. The van der Waals surface area contributed by atoms with Crippen molar-refractivity contribution >= 4 is 11.9 Å². The predicted molar refractivity (Wildman–Crippen MR) is 130 cm³/mol. The van der Waals surface area contributed by atoms with Gasteiger partial charge < -0.3 is 14.7 Å². The fourth-order valence-corrected chi connectivity index (χ4v) is 5.64. The molecule has 0 unspecified atom stereocenters. The maximum atomic E-state index is 13.8. The van der Waals surface area contributed by atoms with Gasteiger partial charge in [-0.3, -0.25) is 9.69 Å². The van der Waals surface area contributed by atoms with Crippen molar-refractivity contribution in [2.24, 2.45) is 5.92 Å². The largest absolute Gasteiger partial charge is 0.341 e. The van der Waals surface area contributed by atoms with E-state index in [1.54, 1.807) is 0 Å². The minimum Gasteiger partial charge on any atom is -0.341 e. The number of carbonyl (C=O) groups excluding carboxylic acids is 1. The molecule has 3 fully saturated rings. The highest BCUT2D eigenvalue weighted by molar-refractivity contribution is 5.81. The van der Waals surface area contributed by atoms with Crippen LogP contribution in [0.15, 0.2) is 42.6 Å². The Morgan fingerprint density at radius 1 is 1.03 bits per heavy atom. The van der Waals surface area contributed by atoms with E-state index >= 15 is 0 Å². The number of carbonyl (C=O) groups is 1. The molecule has 33 heavy (non-hydrogen) atoms. The molecule has 1 amide bonds. The van der Waals surface area contributed by atoms with E-state index in [1.165, 1.54) is 18.4 Å². The molecule has 0 aliphatic carbocycles. The minimum absolute atomic E-state index is 0.0593. The van der Waals surface area contributed by atoms with Gasteiger partial charge in [0, 0.05) is 64.0 Å². The van der Waals surface area contributed by atoms with Crippen molar-refractivity contribution in [2.75, 3.05) is 58.3 Å². The van der Waals surface area contributed by atoms with E-state index in [1.807, 2.05) is 12.3 Å². The Morgan fingerprint density at radius 2 is 1.82 bits per heavy atom. The van der Waals surface area contributed by atoms with Gasteiger partial charge in [0.2, 0.25) is 11.9 Å². The molecule has 176 valence electrons. The molecule has 3 saturated heterocycles. The quantitative estimate of drug-likeness (QED) is 0.677. The maximum absolute atomic E-state index is 13.8. The Bertz CT molecular complexity index is 945. The van der Waals surface area contributed by atoms with Crippen LogP contribution >= 0.6 is 0 Å². The van der Waals surface area contributed by atoms with Crippen molar-refractivity contribution in [2.45, 2.75) is 37.8 Å². The van der Waals surface area contributed by atoms with Crippen molar-refractivity contribution in [3.05, 3.63) is 53.9 Å². The average Bonchev–Trinajstić information content (AvgIpc) is 3.60. The van der Waals surface area contributed by atoms with Crippen LogP contribution in [0.2, 0.25) is 0 Å². The molecule has 0 N–H and O–H groups in total. The molecule has 1 aromatic carbocycles. The number of aromatic nitrogens is 2. The smallest absolute Gasteiger partial charge is 0.227 e. The molecule has 0 spiro atoms. The van der Waals surface area contributed by atoms with E-state index < -0.39 is 0 Å². The van der Waals surface area contributed by atoms with E-state index in [0.717, 1.165) is 63.9 Å². The van der Waals surface area contributed by atoms with Gasteiger partial charge in [0.25, 0.3) is 0 Å². The molecular formula is C26H36N6O. The first kappa shape index (κ1) is 22.3. The lowest BCUT2D eigenvalue weighted by molar-refractivity contribution is -0.134. The fraction of sp³-hybridized carbons (Fsp3) is 0.577. The SMILES string of the molecule is CN(C)[C@@H]1CCN(C(=O)[C@H]2CN(Cc3ccccc3)C[C@@H]2c2ccnc(N3CCCC3)n2)C1. The Balaban J connectivity index is 1.38. The molecule has 3 atom stereocenters. The molecule has 0 bridgehead atoms. The van der Waals surface area contributed by atoms with Crippen molar-refractivity contribution in [1.82, 2.24) is 24.7 Å². The molecule has 3 aliphatic rings. The molecule has 5 rings (SSSR count). The van der Waals surface area contributed by atoms with Crippen molar-refractivity contribution in [3.63, 3.8) is 0 Å². The van der Waals surface area contributed by atoms with Crippen LogP contribution in [0.25, 0.3) is 0 Å². The average molecular weight is 449 g/mol. The number of likely N-dealkylation sites (N-methyl/N-ethyl adjacent to an activating group) is 1. The van der Waals surface area contributed by atoms with Gasteiger partial charge in [-0.05, 0) is 45.0 Å². The molecule has 3 aliphatic heterocycles. The van der Waals surface area contributed by atoms with Gasteiger partial charge in [-0.2, -0.15) is 0 Å². The first-order valence-corrected chi connectivity index (χ1v) is 12.4. The van der Waals surface area contributed by atoms with Crippen molar-refractivity contribution < 1.29 is 4.79 Å². The molecule has 0 saturated carbocycles. The predicted octanol–water partition coefficient (Wildman–Crippen LogP) is 2.45. The van der Waals surface area contributed by atoms with Gasteiger partial charge in [-0.1, -0.05) is 30.3 Å². The lowest BCUT2D eigenvalue weighted by Crippen LogP contribution is -2.40. The molecule has 7 heteroatoms. The summed E-state index contributed by atoms with van der Waals surface area (Å²) in [5, 5.41) is 0. The summed E-state index contributed by atoms with van der Waals surface area (Å²) in [6.07, 6.45) is 5.34. The van der Waals surface area contributed by atoms with Crippen LogP contribution in [0.5, 0.6) is 0 Å². The second-order valence-electron chi connectivity index (χ2n) is 10.1. The molecule has 1 aromatic heterocycles. The van der Waals surface area contributed by atoms with Gasteiger partial charge >= 0.3 is 0 Å². The van der Waals surface area contributed by atoms with Gasteiger partial charge in [0.15, 0.2) is 0 Å². The fourth-order valence-electron chi connectivity index (χ4n) is 5.64. The summed E-state index contributed by atoms with van der Waals surface area (Å²) in [4.78, 5) is 32.4.